The lowest BCUT2D eigenvalue weighted by atomic mass is 9.85. The van der Waals surface area contributed by atoms with Crippen molar-refractivity contribution in [3.05, 3.63) is 35.6 Å². The van der Waals surface area contributed by atoms with E-state index in [9.17, 15) is 9.18 Å². The number of carbonyl (C=O) groups is 1. The van der Waals surface area contributed by atoms with Crippen LogP contribution in [0.25, 0.3) is 0 Å². The highest BCUT2D eigenvalue weighted by atomic mass is 19.1. The van der Waals surface area contributed by atoms with Gasteiger partial charge in [-0.25, -0.2) is 9.18 Å². The monoisotopic (exact) mass is 335 g/mol. The van der Waals surface area contributed by atoms with Gasteiger partial charge in [-0.3, -0.25) is 0 Å². The number of amides is 2. The van der Waals surface area contributed by atoms with Crippen LogP contribution < -0.4 is 10.6 Å². The second-order valence-electron chi connectivity index (χ2n) is 6.60. The number of nitrogens with one attached hydrogen (secondary N) is 2. The van der Waals surface area contributed by atoms with E-state index in [1.54, 1.807) is 12.1 Å². The zero-order valence-corrected chi connectivity index (χ0v) is 14.0. The maximum absolute atomic E-state index is 12.9. The van der Waals surface area contributed by atoms with Crippen LogP contribution in [0.3, 0.4) is 0 Å². The smallest absolute Gasteiger partial charge is 0.317 e. The minimum atomic E-state index is -0.235. The van der Waals surface area contributed by atoms with Gasteiger partial charge in [-0.05, 0) is 49.9 Å². The fourth-order valence-electron chi connectivity index (χ4n) is 3.66. The lowest BCUT2D eigenvalue weighted by Gasteiger charge is -2.45. The average molecular weight is 335 g/mol. The second kappa shape index (κ2) is 7.94. The SMILES string of the molecule is O=C(NCCc1ccc(F)cc1)N1CCNCCC12CCOCC2. The molecule has 0 aliphatic carbocycles. The first-order chi connectivity index (χ1) is 11.7. The van der Waals surface area contributed by atoms with Crippen LogP contribution in [0, 0.1) is 5.82 Å². The van der Waals surface area contributed by atoms with Crippen molar-refractivity contribution in [2.24, 2.45) is 0 Å². The zero-order chi connectivity index (χ0) is 16.8. The van der Waals surface area contributed by atoms with Crippen LogP contribution in [-0.4, -0.2) is 55.9 Å². The zero-order valence-electron chi connectivity index (χ0n) is 14.0. The standard InChI is InChI=1S/C18H26FN3O2/c19-16-3-1-15(2-4-16)5-9-21-17(23)22-12-11-20-10-6-18(22)7-13-24-14-8-18/h1-4,20H,5-14H2,(H,21,23). The molecule has 0 bridgehead atoms. The summed E-state index contributed by atoms with van der Waals surface area (Å²) in [7, 11) is 0. The number of carbonyl (C=O) groups excluding carboxylic acids is 1. The number of ether oxygens (including phenoxy) is 1. The summed E-state index contributed by atoms with van der Waals surface area (Å²) in [5, 5.41) is 6.43. The van der Waals surface area contributed by atoms with E-state index in [0.29, 0.717) is 13.0 Å². The minimum Gasteiger partial charge on any atom is -0.381 e. The van der Waals surface area contributed by atoms with Gasteiger partial charge in [-0.1, -0.05) is 12.1 Å². The predicted molar refractivity (Wildman–Crippen MR) is 90.5 cm³/mol. The van der Waals surface area contributed by atoms with E-state index >= 15 is 0 Å². The number of benzene rings is 1. The molecule has 24 heavy (non-hydrogen) atoms. The minimum absolute atomic E-state index is 0.00251. The summed E-state index contributed by atoms with van der Waals surface area (Å²) in [6.45, 7) is 4.50. The highest BCUT2D eigenvalue weighted by molar-refractivity contribution is 5.75. The maximum Gasteiger partial charge on any atom is 0.317 e. The van der Waals surface area contributed by atoms with E-state index < -0.39 is 0 Å². The van der Waals surface area contributed by atoms with Gasteiger partial charge in [0.25, 0.3) is 0 Å². The van der Waals surface area contributed by atoms with Gasteiger partial charge in [-0.2, -0.15) is 0 Å². The summed E-state index contributed by atoms with van der Waals surface area (Å²) in [5.74, 6) is -0.235. The first-order valence-corrected chi connectivity index (χ1v) is 8.78. The predicted octanol–water partition coefficient (Wildman–Crippen LogP) is 1.92. The van der Waals surface area contributed by atoms with Gasteiger partial charge in [0.15, 0.2) is 0 Å². The third-order valence-electron chi connectivity index (χ3n) is 5.12. The summed E-state index contributed by atoms with van der Waals surface area (Å²) >= 11 is 0. The number of rotatable bonds is 3. The van der Waals surface area contributed by atoms with E-state index in [1.165, 1.54) is 12.1 Å². The van der Waals surface area contributed by atoms with Crippen molar-refractivity contribution in [2.45, 2.75) is 31.2 Å². The Morgan fingerprint density at radius 1 is 1.21 bits per heavy atom. The second-order valence-corrected chi connectivity index (χ2v) is 6.60. The number of hydrogen-bond acceptors (Lipinski definition) is 3. The molecule has 5 nitrogen and oxygen atoms in total. The number of hydrogen-bond donors (Lipinski definition) is 2. The summed E-state index contributed by atoms with van der Waals surface area (Å²) in [6, 6.07) is 6.43. The Morgan fingerprint density at radius 3 is 2.71 bits per heavy atom. The molecule has 0 radical (unpaired) electrons. The molecule has 2 heterocycles. The normalized spacial score (nSPS) is 20.6. The van der Waals surface area contributed by atoms with Crippen LogP contribution in [0.1, 0.15) is 24.8 Å². The Hall–Kier alpha value is -1.66. The van der Waals surface area contributed by atoms with Gasteiger partial charge in [0.05, 0.1) is 5.54 Å². The van der Waals surface area contributed by atoms with E-state index in [0.717, 1.165) is 57.7 Å². The van der Waals surface area contributed by atoms with Gasteiger partial charge in [-0.15, -0.1) is 0 Å². The van der Waals surface area contributed by atoms with Crippen molar-refractivity contribution in [1.29, 1.82) is 0 Å². The maximum atomic E-state index is 12.9. The van der Waals surface area contributed by atoms with Crippen LogP contribution in [0.4, 0.5) is 9.18 Å². The molecule has 1 aromatic carbocycles. The van der Waals surface area contributed by atoms with Gasteiger partial charge in [0, 0.05) is 32.8 Å². The molecule has 1 aromatic rings. The molecule has 0 saturated carbocycles. The Labute approximate surface area is 142 Å². The molecule has 2 saturated heterocycles. The topological polar surface area (TPSA) is 53.6 Å². The summed E-state index contributed by atoms with van der Waals surface area (Å²) in [4.78, 5) is 14.8. The van der Waals surface area contributed by atoms with E-state index in [2.05, 4.69) is 10.6 Å². The lowest BCUT2D eigenvalue weighted by molar-refractivity contribution is -0.00888. The van der Waals surface area contributed by atoms with E-state index in [1.807, 2.05) is 4.90 Å². The van der Waals surface area contributed by atoms with Gasteiger partial charge in [0.1, 0.15) is 5.82 Å². The fourth-order valence-corrected chi connectivity index (χ4v) is 3.66. The van der Waals surface area contributed by atoms with Crippen LogP contribution in [0.2, 0.25) is 0 Å². The van der Waals surface area contributed by atoms with Crippen LogP contribution in [0.5, 0.6) is 0 Å². The molecule has 2 aliphatic heterocycles. The molecule has 2 aliphatic rings. The quantitative estimate of drug-likeness (QED) is 0.887. The molecule has 0 atom stereocenters. The van der Waals surface area contributed by atoms with Crippen molar-refractivity contribution >= 4 is 6.03 Å². The van der Waals surface area contributed by atoms with E-state index in [-0.39, 0.29) is 17.4 Å². The Bertz CT molecular complexity index is 544. The van der Waals surface area contributed by atoms with Crippen molar-refractivity contribution in [1.82, 2.24) is 15.5 Å². The molecular formula is C18H26FN3O2. The molecule has 6 heteroatoms. The third kappa shape index (κ3) is 4.05. The van der Waals surface area contributed by atoms with E-state index in [4.69, 9.17) is 4.74 Å². The van der Waals surface area contributed by atoms with Crippen LogP contribution in [-0.2, 0) is 11.2 Å². The molecule has 0 aromatic heterocycles. The van der Waals surface area contributed by atoms with Crippen molar-refractivity contribution < 1.29 is 13.9 Å². The lowest BCUT2D eigenvalue weighted by Crippen LogP contribution is -2.57. The first kappa shape index (κ1) is 17.2. The average Bonchev–Trinajstić information content (AvgIpc) is 2.80. The molecule has 2 fully saturated rings. The molecule has 2 amide bonds. The van der Waals surface area contributed by atoms with Crippen LogP contribution >= 0.6 is 0 Å². The van der Waals surface area contributed by atoms with Gasteiger partial charge in [0.2, 0.25) is 0 Å². The molecule has 2 N–H and O–H groups in total. The summed E-state index contributed by atoms with van der Waals surface area (Å²) in [5.41, 5.74) is 0.942. The third-order valence-corrected chi connectivity index (χ3v) is 5.12. The molecule has 132 valence electrons. The van der Waals surface area contributed by atoms with Crippen LogP contribution in [0.15, 0.2) is 24.3 Å². The number of urea groups is 1. The number of nitrogens with zero attached hydrogens (tertiary/aromatic N) is 1. The van der Waals surface area contributed by atoms with Crippen molar-refractivity contribution in [2.75, 3.05) is 39.4 Å². The summed E-state index contributed by atoms with van der Waals surface area (Å²) < 4.78 is 18.4. The summed E-state index contributed by atoms with van der Waals surface area (Å²) in [6.07, 6.45) is 3.48. The molecule has 0 unspecified atom stereocenters. The van der Waals surface area contributed by atoms with Gasteiger partial charge >= 0.3 is 6.03 Å². The Morgan fingerprint density at radius 2 is 1.96 bits per heavy atom. The van der Waals surface area contributed by atoms with Crippen molar-refractivity contribution in [3.63, 3.8) is 0 Å². The molecular weight excluding hydrogens is 309 g/mol. The molecule has 3 rings (SSSR count). The fraction of sp³-hybridized carbons (Fsp3) is 0.611. The molecule has 1 spiro atoms. The first-order valence-electron chi connectivity index (χ1n) is 8.78. The highest BCUT2D eigenvalue weighted by Crippen LogP contribution is 2.32. The highest BCUT2D eigenvalue weighted by Gasteiger charge is 2.41. The Kier molecular flexibility index (Phi) is 5.68. The Balaban J connectivity index is 1.58. The number of halogens is 1. The van der Waals surface area contributed by atoms with Crippen molar-refractivity contribution in [3.8, 4) is 0 Å². The van der Waals surface area contributed by atoms with Gasteiger partial charge < -0.3 is 20.3 Å². The largest absolute Gasteiger partial charge is 0.381 e.